The number of rotatable bonds is 9. The summed E-state index contributed by atoms with van der Waals surface area (Å²) in [5.74, 6) is 1.46. The molecule has 2 aromatic carbocycles. The van der Waals surface area contributed by atoms with Gasteiger partial charge in [0.2, 0.25) is 6.79 Å². The van der Waals surface area contributed by atoms with Crippen molar-refractivity contribution in [2.24, 2.45) is 0 Å². The van der Waals surface area contributed by atoms with Gasteiger partial charge in [-0.2, -0.15) is 0 Å². The van der Waals surface area contributed by atoms with Crippen LogP contribution in [-0.2, 0) is 17.8 Å². The van der Waals surface area contributed by atoms with Crippen molar-refractivity contribution in [2.75, 3.05) is 26.1 Å². The average Bonchev–Trinajstić information content (AvgIpc) is 3.19. The first-order valence-electron chi connectivity index (χ1n) is 10.5. The molecule has 0 atom stereocenters. The molecule has 0 bridgehead atoms. The Morgan fingerprint density at radius 1 is 1.10 bits per heavy atom. The lowest BCUT2D eigenvalue weighted by atomic mass is 10.2. The smallest absolute Gasteiger partial charge is 0.410 e. The summed E-state index contributed by atoms with van der Waals surface area (Å²) >= 11 is 1.74. The Kier molecular flexibility index (Phi) is 8.09. The molecule has 1 amide bonds. The van der Waals surface area contributed by atoms with E-state index in [9.17, 15) is 4.79 Å². The van der Waals surface area contributed by atoms with Gasteiger partial charge in [-0.05, 0) is 75.4 Å². The lowest BCUT2D eigenvalue weighted by Crippen LogP contribution is -2.37. The molecule has 0 saturated heterocycles. The number of carbonyl (C=O) groups excluding carboxylic acids is 1. The minimum Gasteiger partial charge on any atom is -0.454 e. The fourth-order valence-electron chi connectivity index (χ4n) is 3.19. The Hall–Kier alpha value is -2.38. The molecule has 1 aliphatic heterocycles. The van der Waals surface area contributed by atoms with Crippen molar-refractivity contribution in [3.8, 4) is 11.5 Å². The Morgan fingerprint density at radius 3 is 2.52 bits per heavy atom. The Balaban J connectivity index is 1.52. The van der Waals surface area contributed by atoms with Crippen LogP contribution in [0.3, 0.4) is 0 Å². The van der Waals surface area contributed by atoms with Crippen LogP contribution in [0.4, 0.5) is 4.79 Å². The van der Waals surface area contributed by atoms with Crippen LogP contribution >= 0.6 is 11.8 Å². The summed E-state index contributed by atoms with van der Waals surface area (Å²) in [5.41, 5.74) is 1.70. The molecule has 6 nitrogen and oxygen atoms in total. The van der Waals surface area contributed by atoms with Crippen LogP contribution in [0.25, 0.3) is 0 Å². The highest BCUT2D eigenvalue weighted by molar-refractivity contribution is 7.98. The van der Waals surface area contributed by atoms with Crippen molar-refractivity contribution in [3.05, 3.63) is 53.6 Å². The zero-order valence-corrected chi connectivity index (χ0v) is 19.6. The quantitative estimate of drug-likeness (QED) is 0.431. The molecular formula is C24H32N2O4S. The Morgan fingerprint density at radius 2 is 1.81 bits per heavy atom. The third kappa shape index (κ3) is 7.36. The largest absolute Gasteiger partial charge is 0.454 e. The number of ether oxygens (including phenoxy) is 3. The van der Waals surface area contributed by atoms with E-state index < -0.39 is 5.60 Å². The number of nitrogens with zero attached hydrogens (tertiary/aromatic N) is 1. The molecule has 0 radical (unpaired) electrons. The molecule has 2 aromatic rings. The molecule has 1 aliphatic rings. The van der Waals surface area contributed by atoms with Crippen molar-refractivity contribution >= 4 is 17.9 Å². The van der Waals surface area contributed by atoms with Crippen molar-refractivity contribution in [3.63, 3.8) is 0 Å². The number of carbonyl (C=O) groups is 1. The summed E-state index contributed by atoms with van der Waals surface area (Å²) in [7, 11) is 0. The molecule has 0 spiro atoms. The number of nitrogens with one attached hydrogen (secondary N) is 1. The van der Waals surface area contributed by atoms with E-state index in [0.29, 0.717) is 13.1 Å². The van der Waals surface area contributed by atoms with E-state index in [1.54, 1.807) is 16.7 Å². The summed E-state index contributed by atoms with van der Waals surface area (Å²) in [6, 6.07) is 14.3. The van der Waals surface area contributed by atoms with Crippen LogP contribution in [0.1, 0.15) is 38.3 Å². The molecular weight excluding hydrogens is 412 g/mol. The highest BCUT2D eigenvalue weighted by Crippen LogP contribution is 2.33. The van der Waals surface area contributed by atoms with Crippen LogP contribution in [0.5, 0.6) is 11.5 Å². The van der Waals surface area contributed by atoms with E-state index in [0.717, 1.165) is 36.6 Å². The number of fused-ring (bicyclic) bond motifs is 1. The van der Waals surface area contributed by atoms with Gasteiger partial charge in [0.25, 0.3) is 0 Å². The molecule has 0 saturated carbocycles. The second-order valence-electron chi connectivity index (χ2n) is 8.47. The van der Waals surface area contributed by atoms with E-state index in [1.165, 1.54) is 10.5 Å². The molecule has 0 unspecified atom stereocenters. The van der Waals surface area contributed by atoms with E-state index in [1.807, 2.05) is 39.0 Å². The number of hydrogen-bond donors (Lipinski definition) is 1. The van der Waals surface area contributed by atoms with Gasteiger partial charge in [-0.15, -0.1) is 11.8 Å². The minimum atomic E-state index is -0.536. The van der Waals surface area contributed by atoms with Gasteiger partial charge in [0.05, 0.1) is 0 Å². The van der Waals surface area contributed by atoms with Crippen molar-refractivity contribution in [1.29, 1.82) is 0 Å². The van der Waals surface area contributed by atoms with Crippen LogP contribution in [0.2, 0.25) is 0 Å². The molecule has 168 valence electrons. The maximum absolute atomic E-state index is 12.8. The summed E-state index contributed by atoms with van der Waals surface area (Å²) in [6.07, 6.45) is 2.60. The van der Waals surface area contributed by atoms with E-state index in [-0.39, 0.29) is 12.9 Å². The number of amides is 1. The molecule has 0 aliphatic carbocycles. The van der Waals surface area contributed by atoms with E-state index in [4.69, 9.17) is 14.2 Å². The Bertz CT molecular complexity index is 865. The lowest BCUT2D eigenvalue weighted by Gasteiger charge is -2.27. The monoisotopic (exact) mass is 444 g/mol. The predicted octanol–water partition coefficient (Wildman–Crippen LogP) is 5.05. The number of hydrogen-bond acceptors (Lipinski definition) is 6. The summed E-state index contributed by atoms with van der Waals surface area (Å²) in [6.45, 7) is 8.56. The van der Waals surface area contributed by atoms with Gasteiger partial charge in [0.1, 0.15) is 5.60 Å². The third-order valence-electron chi connectivity index (χ3n) is 4.73. The maximum atomic E-state index is 12.8. The fraction of sp³-hybridized carbons (Fsp3) is 0.458. The molecule has 3 rings (SSSR count). The first kappa shape index (κ1) is 23.3. The average molecular weight is 445 g/mol. The van der Waals surface area contributed by atoms with Crippen molar-refractivity contribution in [2.45, 2.75) is 50.8 Å². The first-order chi connectivity index (χ1) is 14.8. The van der Waals surface area contributed by atoms with E-state index in [2.05, 4.69) is 35.8 Å². The van der Waals surface area contributed by atoms with Crippen LogP contribution in [-0.4, -0.2) is 42.7 Å². The lowest BCUT2D eigenvalue weighted by molar-refractivity contribution is 0.0231. The van der Waals surface area contributed by atoms with E-state index >= 15 is 0 Å². The first-order valence-corrected chi connectivity index (χ1v) is 11.8. The molecule has 1 heterocycles. The van der Waals surface area contributed by atoms with Crippen molar-refractivity contribution in [1.82, 2.24) is 10.2 Å². The van der Waals surface area contributed by atoms with Crippen LogP contribution in [0.15, 0.2) is 47.4 Å². The normalized spacial score (nSPS) is 12.6. The summed E-state index contributed by atoms with van der Waals surface area (Å²) in [5, 5.41) is 3.46. The fourth-order valence-corrected chi connectivity index (χ4v) is 3.60. The van der Waals surface area contributed by atoms with Gasteiger partial charge in [0, 0.05) is 24.5 Å². The topological polar surface area (TPSA) is 60.0 Å². The highest BCUT2D eigenvalue weighted by Gasteiger charge is 2.23. The van der Waals surface area contributed by atoms with Crippen LogP contribution < -0.4 is 14.8 Å². The number of benzene rings is 2. The van der Waals surface area contributed by atoms with Crippen molar-refractivity contribution < 1.29 is 19.0 Å². The molecule has 0 aromatic heterocycles. The summed E-state index contributed by atoms with van der Waals surface area (Å²) < 4.78 is 16.5. The van der Waals surface area contributed by atoms with Gasteiger partial charge < -0.3 is 24.4 Å². The van der Waals surface area contributed by atoms with Gasteiger partial charge in [0.15, 0.2) is 11.5 Å². The molecule has 7 heteroatoms. The highest BCUT2D eigenvalue weighted by atomic mass is 32.2. The van der Waals surface area contributed by atoms with Gasteiger partial charge in [-0.1, -0.05) is 18.2 Å². The SMILES string of the molecule is CSc1ccc(CNCCCN(Cc2ccc3c(c2)OCO3)C(=O)OC(C)(C)C)cc1. The maximum Gasteiger partial charge on any atom is 0.410 e. The second kappa shape index (κ2) is 10.8. The summed E-state index contributed by atoms with van der Waals surface area (Å²) in [4.78, 5) is 15.8. The molecule has 1 N–H and O–H groups in total. The predicted molar refractivity (Wildman–Crippen MR) is 124 cm³/mol. The minimum absolute atomic E-state index is 0.236. The zero-order valence-electron chi connectivity index (χ0n) is 18.8. The Labute approximate surface area is 189 Å². The molecule has 31 heavy (non-hydrogen) atoms. The van der Waals surface area contributed by atoms with Gasteiger partial charge in [-0.3, -0.25) is 0 Å². The second-order valence-corrected chi connectivity index (χ2v) is 9.35. The molecule has 0 fully saturated rings. The van der Waals surface area contributed by atoms with Gasteiger partial charge in [-0.25, -0.2) is 4.79 Å². The number of thioether (sulfide) groups is 1. The third-order valence-corrected chi connectivity index (χ3v) is 5.48. The van der Waals surface area contributed by atoms with Crippen LogP contribution in [0, 0.1) is 0 Å². The standard InChI is InChI=1S/C24H32N2O4S/c1-24(2,3)30-23(27)26(16-19-8-11-21-22(14-19)29-17-28-21)13-5-12-25-15-18-6-9-20(31-4)10-7-18/h6-11,14,25H,5,12-13,15-17H2,1-4H3. The zero-order chi connectivity index (χ0) is 22.3. The van der Waals surface area contributed by atoms with Gasteiger partial charge >= 0.3 is 6.09 Å².